The van der Waals surface area contributed by atoms with Crippen LogP contribution in [0.15, 0.2) is 36.4 Å². The van der Waals surface area contributed by atoms with Crippen molar-refractivity contribution in [2.24, 2.45) is 0 Å². The first-order valence-corrected chi connectivity index (χ1v) is 5.84. The monoisotopic (exact) mass is 230 g/mol. The number of rotatable bonds is 3. The summed E-state index contributed by atoms with van der Waals surface area (Å²) in [5.41, 5.74) is 3.25. The van der Waals surface area contributed by atoms with E-state index in [2.05, 4.69) is 25.3 Å². The molecule has 0 aliphatic rings. The fourth-order valence-corrected chi connectivity index (χ4v) is 2.38. The lowest BCUT2D eigenvalue weighted by atomic mass is 10.3. The van der Waals surface area contributed by atoms with Gasteiger partial charge < -0.3 is 9.97 Å². The SMILES string of the molecule is c1cc(-c2csc(Cc3cnc[nH]3)n2)c[nH]1. The Morgan fingerprint density at radius 2 is 2.38 bits per heavy atom. The molecule has 3 aromatic rings. The van der Waals surface area contributed by atoms with E-state index in [-0.39, 0.29) is 0 Å². The molecule has 0 fully saturated rings. The molecule has 5 heteroatoms. The number of thiazole rings is 1. The van der Waals surface area contributed by atoms with Gasteiger partial charge in [0.15, 0.2) is 0 Å². The minimum atomic E-state index is 0.815. The zero-order valence-corrected chi connectivity index (χ0v) is 9.29. The zero-order chi connectivity index (χ0) is 10.8. The molecule has 0 spiro atoms. The van der Waals surface area contributed by atoms with Gasteiger partial charge in [-0.25, -0.2) is 9.97 Å². The summed E-state index contributed by atoms with van der Waals surface area (Å²) in [6.07, 6.45) is 8.20. The third-order valence-electron chi connectivity index (χ3n) is 2.34. The summed E-state index contributed by atoms with van der Waals surface area (Å²) in [6, 6.07) is 2.02. The zero-order valence-electron chi connectivity index (χ0n) is 8.47. The minimum absolute atomic E-state index is 0.815. The Labute approximate surface area is 96.4 Å². The molecule has 16 heavy (non-hydrogen) atoms. The number of imidazole rings is 1. The summed E-state index contributed by atoms with van der Waals surface area (Å²) >= 11 is 1.67. The van der Waals surface area contributed by atoms with Gasteiger partial charge in [0.25, 0.3) is 0 Å². The predicted octanol–water partition coefficient (Wildman–Crippen LogP) is 2.45. The molecule has 0 radical (unpaired) electrons. The van der Waals surface area contributed by atoms with Gasteiger partial charge in [-0.2, -0.15) is 0 Å². The van der Waals surface area contributed by atoms with Crippen LogP contribution < -0.4 is 0 Å². The number of nitrogens with zero attached hydrogens (tertiary/aromatic N) is 2. The summed E-state index contributed by atoms with van der Waals surface area (Å²) < 4.78 is 0. The molecule has 0 aliphatic heterocycles. The van der Waals surface area contributed by atoms with E-state index >= 15 is 0 Å². The summed E-state index contributed by atoms with van der Waals surface area (Å²) in [6.45, 7) is 0. The van der Waals surface area contributed by atoms with Gasteiger partial charge in [0.1, 0.15) is 0 Å². The van der Waals surface area contributed by atoms with Crippen LogP contribution in [0, 0.1) is 0 Å². The van der Waals surface area contributed by atoms with Crippen molar-refractivity contribution in [3.63, 3.8) is 0 Å². The van der Waals surface area contributed by atoms with Crippen molar-refractivity contribution in [1.29, 1.82) is 0 Å². The summed E-state index contributed by atoms with van der Waals surface area (Å²) in [5, 5.41) is 3.18. The van der Waals surface area contributed by atoms with Gasteiger partial charge in [-0.3, -0.25) is 0 Å². The van der Waals surface area contributed by atoms with Gasteiger partial charge in [-0.15, -0.1) is 11.3 Å². The third-order valence-corrected chi connectivity index (χ3v) is 3.19. The van der Waals surface area contributed by atoms with Gasteiger partial charge in [0, 0.05) is 41.6 Å². The van der Waals surface area contributed by atoms with E-state index in [0.29, 0.717) is 0 Å². The molecule has 4 nitrogen and oxygen atoms in total. The Morgan fingerprint density at radius 1 is 1.38 bits per heavy atom. The molecule has 0 aliphatic carbocycles. The van der Waals surface area contributed by atoms with Crippen LogP contribution in [0.2, 0.25) is 0 Å². The van der Waals surface area contributed by atoms with E-state index in [4.69, 9.17) is 0 Å². The molecule has 0 saturated carbocycles. The first-order chi connectivity index (χ1) is 7.92. The van der Waals surface area contributed by atoms with Gasteiger partial charge in [0.05, 0.1) is 17.0 Å². The van der Waals surface area contributed by atoms with E-state index in [1.807, 2.05) is 24.7 Å². The highest BCUT2D eigenvalue weighted by molar-refractivity contribution is 7.10. The predicted molar refractivity (Wildman–Crippen MR) is 63.3 cm³/mol. The second kappa shape index (κ2) is 3.94. The number of nitrogens with one attached hydrogen (secondary N) is 2. The summed E-state index contributed by atoms with van der Waals surface area (Å²) in [5.74, 6) is 0. The molecule has 3 rings (SSSR count). The van der Waals surface area contributed by atoms with E-state index in [1.165, 1.54) is 0 Å². The van der Waals surface area contributed by atoms with E-state index in [0.717, 1.165) is 28.4 Å². The Balaban J connectivity index is 1.83. The van der Waals surface area contributed by atoms with Crippen LogP contribution in [0.4, 0.5) is 0 Å². The minimum Gasteiger partial charge on any atom is -0.367 e. The van der Waals surface area contributed by atoms with Crippen molar-refractivity contribution >= 4 is 11.3 Å². The van der Waals surface area contributed by atoms with Crippen molar-refractivity contribution in [3.8, 4) is 11.3 Å². The van der Waals surface area contributed by atoms with Crippen molar-refractivity contribution in [2.75, 3.05) is 0 Å². The maximum absolute atomic E-state index is 4.58. The number of aromatic amines is 2. The second-order valence-electron chi connectivity index (χ2n) is 3.48. The maximum atomic E-state index is 4.58. The van der Waals surface area contributed by atoms with Crippen LogP contribution in [0.3, 0.4) is 0 Å². The molecule has 2 N–H and O–H groups in total. The van der Waals surface area contributed by atoms with Crippen LogP contribution >= 0.6 is 11.3 Å². The average Bonchev–Trinajstić information content (AvgIpc) is 2.99. The van der Waals surface area contributed by atoms with Gasteiger partial charge in [0.2, 0.25) is 0 Å². The lowest BCUT2D eigenvalue weighted by Gasteiger charge is -1.91. The quantitative estimate of drug-likeness (QED) is 0.726. The molecule has 3 aromatic heterocycles. The van der Waals surface area contributed by atoms with Gasteiger partial charge in [-0.05, 0) is 6.07 Å². The second-order valence-corrected chi connectivity index (χ2v) is 4.42. The Kier molecular flexibility index (Phi) is 2.30. The first-order valence-electron chi connectivity index (χ1n) is 4.96. The highest BCUT2D eigenvalue weighted by Gasteiger charge is 2.05. The largest absolute Gasteiger partial charge is 0.367 e. The summed E-state index contributed by atoms with van der Waals surface area (Å²) in [4.78, 5) is 14.7. The lowest BCUT2D eigenvalue weighted by molar-refractivity contribution is 1.08. The van der Waals surface area contributed by atoms with E-state index < -0.39 is 0 Å². The number of hydrogen-bond acceptors (Lipinski definition) is 3. The topological polar surface area (TPSA) is 57.4 Å². The lowest BCUT2D eigenvalue weighted by Crippen LogP contribution is -1.86. The molecule has 0 unspecified atom stereocenters. The molecule has 80 valence electrons. The van der Waals surface area contributed by atoms with Crippen LogP contribution in [0.25, 0.3) is 11.3 Å². The molecule has 0 aromatic carbocycles. The Hall–Kier alpha value is -1.88. The van der Waals surface area contributed by atoms with Crippen molar-refractivity contribution in [2.45, 2.75) is 6.42 Å². The van der Waals surface area contributed by atoms with Crippen molar-refractivity contribution in [3.05, 3.63) is 47.1 Å². The van der Waals surface area contributed by atoms with Crippen LogP contribution in [0.1, 0.15) is 10.7 Å². The number of H-pyrrole nitrogens is 2. The van der Waals surface area contributed by atoms with E-state index in [1.54, 1.807) is 17.7 Å². The maximum Gasteiger partial charge on any atom is 0.0992 e. The molecule has 0 saturated heterocycles. The van der Waals surface area contributed by atoms with Crippen LogP contribution in [-0.4, -0.2) is 19.9 Å². The summed E-state index contributed by atoms with van der Waals surface area (Å²) in [7, 11) is 0. The fraction of sp³-hybridized carbons (Fsp3) is 0.0909. The normalized spacial score (nSPS) is 10.8. The smallest absolute Gasteiger partial charge is 0.0992 e. The Morgan fingerprint density at radius 3 is 3.12 bits per heavy atom. The standard InChI is InChI=1S/C11H10N4S/c1-2-12-4-8(1)10-6-16-11(15-10)3-9-5-13-7-14-9/h1-2,4-7,12H,3H2,(H,13,14). The molecule has 0 amide bonds. The first kappa shape index (κ1) is 9.35. The van der Waals surface area contributed by atoms with Crippen molar-refractivity contribution < 1.29 is 0 Å². The third kappa shape index (κ3) is 1.77. The Bertz CT molecular complexity index is 551. The highest BCUT2D eigenvalue weighted by atomic mass is 32.1. The van der Waals surface area contributed by atoms with Crippen LogP contribution in [0.5, 0.6) is 0 Å². The fourth-order valence-electron chi connectivity index (χ4n) is 1.55. The average molecular weight is 230 g/mol. The molecule has 0 atom stereocenters. The number of hydrogen-bond donors (Lipinski definition) is 2. The molecular weight excluding hydrogens is 220 g/mol. The molecule has 3 heterocycles. The van der Waals surface area contributed by atoms with Gasteiger partial charge >= 0.3 is 0 Å². The van der Waals surface area contributed by atoms with Crippen LogP contribution in [-0.2, 0) is 6.42 Å². The number of aromatic nitrogens is 4. The van der Waals surface area contributed by atoms with E-state index in [9.17, 15) is 0 Å². The highest BCUT2D eigenvalue weighted by Crippen LogP contribution is 2.22. The van der Waals surface area contributed by atoms with Gasteiger partial charge in [-0.1, -0.05) is 0 Å². The molecule has 0 bridgehead atoms. The molecular formula is C11H10N4S. The van der Waals surface area contributed by atoms with Crippen molar-refractivity contribution in [1.82, 2.24) is 19.9 Å².